The third-order valence-electron chi connectivity index (χ3n) is 5.20. The fourth-order valence-electron chi connectivity index (χ4n) is 3.42. The van der Waals surface area contributed by atoms with Crippen LogP contribution in [-0.2, 0) is 4.74 Å². The quantitative estimate of drug-likeness (QED) is 0.624. The van der Waals surface area contributed by atoms with Crippen LogP contribution in [0.1, 0.15) is 21.7 Å². The molecule has 1 aliphatic rings. The molecule has 0 saturated carbocycles. The lowest BCUT2D eigenvalue weighted by atomic mass is 10.1. The lowest BCUT2D eigenvalue weighted by Crippen LogP contribution is -2.38. The van der Waals surface area contributed by atoms with Crippen molar-refractivity contribution in [2.45, 2.75) is 13.8 Å². The fourth-order valence-corrected chi connectivity index (χ4v) is 3.42. The van der Waals surface area contributed by atoms with Crippen molar-refractivity contribution in [3.63, 3.8) is 0 Å². The number of nitrogens with one attached hydrogen (secondary N) is 1. The number of anilines is 1. The number of hydrogen-bond acceptors (Lipinski definition) is 7. The van der Waals surface area contributed by atoms with E-state index in [1.54, 1.807) is 16.8 Å². The van der Waals surface area contributed by atoms with Crippen LogP contribution >= 0.6 is 0 Å². The highest BCUT2D eigenvalue weighted by molar-refractivity contribution is 6.04. The van der Waals surface area contributed by atoms with Gasteiger partial charge in [0, 0.05) is 37.0 Å². The normalized spacial score (nSPS) is 14.4. The van der Waals surface area contributed by atoms with Crippen molar-refractivity contribution in [1.29, 1.82) is 0 Å². The number of benzene rings is 2. The van der Waals surface area contributed by atoms with Gasteiger partial charge in [0.1, 0.15) is 12.4 Å². The Morgan fingerprint density at radius 2 is 2.00 bits per heavy atom. The highest BCUT2D eigenvalue weighted by atomic mass is 16.5. The second-order valence-electron chi connectivity index (χ2n) is 7.42. The zero-order valence-electron chi connectivity index (χ0n) is 17.7. The third-order valence-corrected chi connectivity index (χ3v) is 5.20. The standard InChI is InChI=1S/C22H26N6O3/c1-16-6-7-18(14-21(16)28-17(2)24-25-26-28)22(29)23-19-4-3-5-20(15-19)31-13-10-27-8-11-30-12-9-27/h3-7,14-15H,8-13H2,1-2H3,(H,23,29). The van der Waals surface area contributed by atoms with Gasteiger partial charge in [0.25, 0.3) is 5.91 Å². The Morgan fingerprint density at radius 1 is 1.16 bits per heavy atom. The zero-order chi connectivity index (χ0) is 21.6. The Hall–Kier alpha value is -3.30. The molecular formula is C22H26N6O3. The molecule has 2 heterocycles. The first-order chi connectivity index (χ1) is 15.1. The summed E-state index contributed by atoms with van der Waals surface area (Å²) in [6.07, 6.45) is 0. The lowest BCUT2D eigenvalue weighted by molar-refractivity contribution is 0.0322. The van der Waals surface area contributed by atoms with Crippen molar-refractivity contribution in [3.8, 4) is 11.4 Å². The summed E-state index contributed by atoms with van der Waals surface area (Å²) in [6, 6.07) is 12.9. The number of carbonyl (C=O) groups is 1. The van der Waals surface area contributed by atoms with Gasteiger partial charge in [-0.3, -0.25) is 9.69 Å². The van der Waals surface area contributed by atoms with Gasteiger partial charge >= 0.3 is 0 Å². The molecule has 162 valence electrons. The topological polar surface area (TPSA) is 94.4 Å². The molecule has 3 aromatic rings. The molecule has 9 heteroatoms. The molecule has 1 amide bonds. The lowest BCUT2D eigenvalue weighted by Gasteiger charge is -2.26. The maximum absolute atomic E-state index is 12.8. The van der Waals surface area contributed by atoms with E-state index in [4.69, 9.17) is 9.47 Å². The summed E-state index contributed by atoms with van der Waals surface area (Å²) in [5, 5.41) is 14.5. The van der Waals surface area contributed by atoms with Crippen LogP contribution in [0.15, 0.2) is 42.5 Å². The van der Waals surface area contributed by atoms with Crippen LogP contribution < -0.4 is 10.1 Å². The number of rotatable bonds is 7. The number of aryl methyl sites for hydroxylation is 2. The molecule has 0 spiro atoms. The van der Waals surface area contributed by atoms with Gasteiger partial charge in [-0.05, 0) is 54.1 Å². The molecule has 0 bridgehead atoms. The molecule has 1 fully saturated rings. The predicted molar refractivity (Wildman–Crippen MR) is 116 cm³/mol. The second kappa shape index (κ2) is 9.67. The Morgan fingerprint density at radius 3 is 2.77 bits per heavy atom. The van der Waals surface area contributed by atoms with Crippen molar-refractivity contribution in [1.82, 2.24) is 25.1 Å². The molecule has 0 atom stereocenters. The Balaban J connectivity index is 1.39. The van der Waals surface area contributed by atoms with E-state index in [0.717, 1.165) is 49.8 Å². The first-order valence-corrected chi connectivity index (χ1v) is 10.3. The van der Waals surface area contributed by atoms with Gasteiger partial charge in [0.2, 0.25) is 0 Å². The van der Waals surface area contributed by atoms with Gasteiger partial charge in [-0.25, -0.2) is 0 Å². The Kier molecular flexibility index (Phi) is 6.54. The maximum atomic E-state index is 12.8. The Bertz CT molecular complexity index is 1050. The number of amides is 1. The predicted octanol–water partition coefficient (Wildman–Crippen LogP) is 2.24. The molecule has 1 aromatic heterocycles. The first kappa shape index (κ1) is 21.0. The molecule has 1 saturated heterocycles. The molecule has 1 N–H and O–H groups in total. The zero-order valence-corrected chi connectivity index (χ0v) is 17.7. The molecular weight excluding hydrogens is 396 g/mol. The summed E-state index contributed by atoms with van der Waals surface area (Å²) >= 11 is 0. The van der Waals surface area contributed by atoms with Gasteiger partial charge in [0.05, 0.1) is 18.9 Å². The van der Waals surface area contributed by atoms with Crippen LogP contribution in [0, 0.1) is 13.8 Å². The van der Waals surface area contributed by atoms with Crippen molar-refractivity contribution >= 4 is 11.6 Å². The van der Waals surface area contributed by atoms with Gasteiger partial charge in [0.15, 0.2) is 5.82 Å². The van der Waals surface area contributed by atoms with Crippen molar-refractivity contribution < 1.29 is 14.3 Å². The summed E-state index contributed by atoms with van der Waals surface area (Å²) in [5.41, 5.74) is 2.95. The van der Waals surface area contributed by atoms with Crippen molar-refractivity contribution in [2.75, 3.05) is 44.8 Å². The van der Waals surface area contributed by atoms with Gasteiger partial charge in [-0.15, -0.1) is 5.10 Å². The summed E-state index contributed by atoms with van der Waals surface area (Å²) < 4.78 is 12.9. The molecule has 2 aromatic carbocycles. The minimum absolute atomic E-state index is 0.211. The van der Waals surface area contributed by atoms with Gasteiger partial charge in [-0.2, -0.15) is 4.68 Å². The van der Waals surface area contributed by atoms with E-state index in [1.807, 2.05) is 44.2 Å². The maximum Gasteiger partial charge on any atom is 0.255 e. The second-order valence-corrected chi connectivity index (χ2v) is 7.42. The van der Waals surface area contributed by atoms with Crippen LogP contribution in [0.3, 0.4) is 0 Å². The third kappa shape index (κ3) is 5.25. The van der Waals surface area contributed by atoms with E-state index >= 15 is 0 Å². The fraction of sp³-hybridized carbons (Fsp3) is 0.364. The molecule has 4 rings (SSSR count). The summed E-state index contributed by atoms with van der Waals surface area (Å²) in [5.74, 6) is 1.17. The van der Waals surface area contributed by atoms with Crippen LogP contribution in [0.25, 0.3) is 5.69 Å². The summed E-state index contributed by atoms with van der Waals surface area (Å²) in [6.45, 7) is 8.62. The van der Waals surface area contributed by atoms with Crippen LogP contribution in [0.4, 0.5) is 5.69 Å². The minimum atomic E-state index is -0.211. The number of aromatic nitrogens is 4. The average molecular weight is 422 g/mol. The number of nitrogens with zero attached hydrogens (tertiary/aromatic N) is 5. The molecule has 9 nitrogen and oxygen atoms in total. The van der Waals surface area contributed by atoms with Crippen LogP contribution in [-0.4, -0.2) is 70.5 Å². The van der Waals surface area contributed by atoms with E-state index in [0.29, 0.717) is 23.7 Å². The molecule has 31 heavy (non-hydrogen) atoms. The van der Waals surface area contributed by atoms with E-state index in [9.17, 15) is 4.79 Å². The minimum Gasteiger partial charge on any atom is -0.492 e. The summed E-state index contributed by atoms with van der Waals surface area (Å²) in [4.78, 5) is 15.1. The molecule has 0 aliphatic carbocycles. The average Bonchev–Trinajstić information content (AvgIpc) is 3.21. The number of morpholine rings is 1. The van der Waals surface area contributed by atoms with Crippen molar-refractivity contribution in [2.24, 2.45) is 0 Å². The first-order valence-electron chi connectivity index (χ1n) is 10.3. The number of hydrogen-bond donors (Lipinski definition) is 1. The molecule has 1 aliphatic heterocycles. The van der Waals surface area contributed by atoms with Gasteiger partial charge in [-0.1, -0.05) is 12.1 Å². The van der Waals surface area contributed by atoms with E-state index in [-0.39, 0.29) is 5.91 Å². The van der Waals surface area contributed by atoms with Crippen LogP contribution in [0.5, 0.6) is 5.75 Å². The monoisotopic (exact) mass is 422 g/mol. The van der Waals surface area contributed by atoms with E-state index in [1.165, 1.54) is 0 Å². The SMILES string of the molecule is Cc1ccc(C(=O)Nc2cccc(OCCN3CCOCC3)c2)cc1-n1nnnc1C. The Labute approximate surface area is 181 Å². The number of tetrazole rings is 1. The van der Waals surface area contributed by atoms with E-state index < -0.39 is 0 Å². The molecule has 0 unspecified atom stereocenters. The van der Waals surface area contributed by atoms with Gasteiger partial charge < -0.3 is 14.8 Å². The van der Waals surface area contributed by atoms with Crippen molar-refractivity contribution in [3.05, 3.63) is 59.4 Å². The van der Waals surface area contributed by atoms with E-state index in [2.05, 4.69) is 25.7 Å². The molecule has 0 radical (unpaired) electrons. The summed E-state index contributed by atoms with van der Waals surface area (Å²) in [7, 11) is 0. The van der Waals surface area contributed by atoms with Crippen LogP contribution in [0.2, 0.25) is 0 Å². The largest absolute Gasteiger partial charge is 0.492 e. The number of ether oxygens (including phenoxy) is 2. The highest BCUT2D eigenvalue weighted by Crippen LogP contribution is 2.20. The highest BCUT2D eigenvalue weighted by Gasteiger charge is 2.13. The smallest absolute Gasteiger partial charge is 0.255 e. The number of carbonyl (C=O) groups excluding carboxylic acids is 1.